The van der Waals surface area contributed by atoms with E-state index in [9.17, 15) is 0 Å². The molecule has 0 amide bonds. The van der Waals surface area contributed by atoms with Crippen molar-refractivity contribution < 1.29 is 4.42 Å². The summed E-state index contributed by atoms with van der Waals surface area (Å²) in [5.41, 5.74) is 3.39. The quantitative estimate of drug-likeness (QED) is 0.564. The number of rotatable bonds is 6. The van der Waals surface area contributed by atoms with E-state index in [1.807, 2.05) is 37.7 Å². The van der Waals surface area contributed by atoms with Crippen LogP contribution in [0.3, 0.4) is 0 Å². The van der Waals surface area contributed by atoms with Crippen molar-refractivity contribution in [1.82, 2.24) is 29.6 Å². The van der Waals surface area contributed by atoms with Gasteiger partial charge in [0.25, 0.3) is 0 Å². The molecular formula is C18H20N6OS. The molecule has 0 aliphatic carbocycles. The highest BCUT2D eigenvalue weighted by Gasteiger charge is 2.09. The van der Waals surface area contributed by atoms with Crippen LogP contribution in [-0.4, -0.2) is 24.3 Å². The van der Waals surface area contributed by atoms with Crippen molar-refractivity contribution in [1.29, 1.82) is 0 Å². The van der Waals surface area contributed by atoms with Gasteiger partial charge in [0.1, 0.15) is 17.9 Å². The van der Waals surface area contributed by atoms with E-state index in [2.05, 4.69) is 43.3 Å². The summed E-state index contributed by atoms with van der Waals surface area (Å²) in [7, 11) is 3.95. The van der Waals surface area contributed by atoms with Crippen molar-refractivity contribution in [3.63, 3.8) is 0 Å². The minimum atomic E-state index is 0.665. The molecule has 134 valence electrons. The van der Waals surface area contributed by atoms with Gasteiger partial charge >= 0.3 is 0 Å². The van der Waals surface area contributed by atoms with Crippen LogP contribution >= 0.6 is 11.8 Å². The lowest BCUT2D eigenvalue weighted by atomic mass is 10.2. The number of fused-ring (bicyclic) bond motifs is 1. The molecule has 0 bridgehead atoms. The summed E-state index contributed by atoms with van der Waals surface area (Å²) >= 11 is 1.46. The van der Waals surface area contributed by atoms with Gasteiger partial charge in [0, 0.05) is 20.6 Å². The highest BCUT2D eigenvalue weighted by atomic mass is 32.2. The van der Waals surface area contributed by atoms with Gasteiger partial charge in [-0.1, -0.05) is 6.07 Å². The zero-order valence-electron chi connectivity index (χ0n) is 14.9. The molecule has 3 heterocycles. The van der Waals surface area contributed by atoms with Gasteiger partial charge in [-0.25, -0.2) is 4.98 Å². The minimum absolute atomic E-state index is 0.665. The number of furan rings is 1. The summed E-state index contributed by atoms with van der Waals surface area (Å²) < 4.78 is 9.81. The Bertz CT molecular complexity index is 1050. The molecule has 0 fully saturated rings. The topological polar surface area (TPSA) is 73.7 Å². The van der Waals surface area contributed by atoms with Crippen LogP contribution in [0.1, 0.15) is 17.1 Å². The van der Waals surface area contributed by atoms with Gasteiger partial charge in [-0.2, -0.15) is 0 Å². The Kier molecular flexibility index (Phi) is 4.52. The second-order valence-electron chi connectivity index (χ2n) is 6.19. The SMILES string of the molecule is Cc1nc2cc(CNCc3ccc(Sc4nncn4C)o3)ccc2n1C. The van der Waals surface area contributed by atoms with Crippen LogP contribution in [0.2, 0.25) is 0 Å². The number of hydrogen-bond acceptors (Lipinski definition) is 6. The molecule has 0 saturated heterocycles. The number of aromatic nitrogens is 5. The molecule has 0 spiro atoms. The molecule has 0 unspecified atom stereocenters. The number of imidazole rings is 1. The highest BCUT2D eigenvalue weighted by Crippen LogP contribution is 2.27. The van der Waals surface area contributed by atoms with Crippen molar-refractivity contribution in [2.75, 3.05) is 0 Å². The van der Waals surface area contributed by atoms with Gasteiger partial charge in [-0.3, -0.25) is 0 Å². The molecule has 8 heteroatoms. The number of benzene rings is 1. The first-order valence-electron chi connectivity index (χ1n) is 8.33. The molecule has 26 heavy (non-hydrogen) atoms. The van der Waals surface area contributed by atoms with E-state index < -0.39 is 0 Å². The van der Waals surface area contributed by atoms with Crippen molar-refractivity contribution in [3.8, 4) is 0 Å². The first-order chi connectivity index (χ1) is 12.6. The van der Waals surface area contributed by atoms with Crippen LogP contribution in [0.15, 0.2) is 51.3 Å². The maximum absolute atomic E-state index is 5.84. The zero-order chi connectivity index (χ0) is 18.1. The standard InChI is InChI=1S/C18H20N6OS/c1-12-21-15-8-13(4-6-16(15)24(12)3)9-19-10-14-5-7-17(25-14)26-18-22-20-11-23(18)2/h4-8,11,19H,9-10H2,1-3H3. The number of nitrogens with one attached hydrogen (secondary N) is 1. The van der Waals surface area contributed by atoms with E-state index in [1.165, 1.54) is 17.3 Å². The molecule has 0 saturated carbocycles. The second kappa shape index (κ2) is 6.97. The lowest BCUT2D eigenvalue weighted by molar-refractivity contribution is 0.416. The van der Waals surface area contributed by atoms with Crippen LogP contribution in [0.25, 0.3) is 11.0 Å². The Morgan fingerprint density at radius 3 is 2.85 bits per heavy atom. The summed E-state index contributed by atoms with van der Waals surface area (Å²) in [6.45, 7) is 3.45. The average Bonchev–Trinajstić information content (AvgIpc) is 3.30. The third-order valence-corrected chi connectivity index (χ3v) is 5.27. The van der Waals surface area contributed by atoms with E-state index in [0.717, 1.165) is 39.4 Å². The summed E-state index contributed by atoms with van der Waals surface area (Å²) in [6, 6.07) is 10.3. The molecule has 0 aliphatic rings. The number of hydrogen-bond donors (Lipinski definition) is 1. The first-order valence-corrected chi connectivity index (χ1v) is 9.15. The number of nitrogens with zero attached hydrogens (tertiary/aromatic N) is 5. The molecule has 7 nitrogen and oxygen atoms in total. The van der Waals surface area contributed by atoms with E-state index in [-0.39, 0.29) is 0 Å². The Balaban J connectivity index is 1.35. The van der Waals surface area contributed by atoms with Crippen LogP contribution in [0.5, 0.6) is 0 Å². The van der Waals surface area contributed by atoms with E-state index in [1.54, 1.807) is 6.33 Å². The van der Waals surface area contributed by atoms with Crippen LogP contribution in [0.4, 0.5) is 0 Å². The van der Waals surface area contributed by atoms with Gasteiger partial charge in [0.2, 0.25) is 0 Å². The maximum atomic E-state index is 5.84. The summed E-state index contributed by atoms with van der Waals surface area (Å²) in [6.07, 6.45) is 1.67. The lowest BCUT2D eigenvalue weighted by Gasteiger charge is -2.04. The van der Waals surface area contributed by atoms with E-state index in [4.69, 9.17) is 4.42 Å². The third kappa shape index (κ3) is 3.38. The van der Waals surface area contributed by atoms with Crippen molar-refractivity contribution in [3.05, 3.63) is 53.8 Å². The molecule has 1 N–H and O–H groups in total. The molecule has 0 aliphatic heterocycles. The zero-order valence-corrected chi connectivity index (χ0v) is 15.7. The molecule has 4 aromatic rings. The predicted molar refractivity (Wildman–Crippen MR) is 99.8 cm³/mol. The summed E-state index contributed by atoms with van der Waals surface area (Å²) in [5.74, 6) is 1.91. The minimum Gasteiger partial charge on any atom is -0.453 e. The Morgan fingerprint density at radius 2 is 2.04 bits per heavy atom. The van der Waals surface area contributed by atoms with Gasteiger partial charge < -0.3 is 18.9 Å². The van der Waals surface area contributed by atoms with Gasteiger partial charge in [-0.15, -0.1) is 10.2 Å². The summed E-state index contributed by atoms with van der Waals surface area (Å²) in [5, 5.41) is 12.9. The first kappa shape index (κ1) is 16.9. The van der Waals surface area contributed by atoms with Gasteiger partial charge in [0.05, 0.1) is 17.6 Å². The van der Waals surface area contributed by atoms with Gasteiger partial charge in [-0.05, 0) is 48.5 Å². The molecule has 1 aromatic carbocycles. The van der Waals surface area contributed by atoms with Crippen molar-refractivity contribution >= 4 is 22.8 Å². The monoisotopic (exact) mass is 368 g/mol. The van der Waals surface area contributed by atoms with Gasteiger partial charge in [0.15, 0.2) is 10.2 Å². The molecule has 4 rings (SSSR count). The Labute approximate surface area is 155 Å². The largest absolute Gasteiger partial charge is 0.453 e. The molecule has 3 aromatic heterocycles. The van der Waals surface area contributed by atoms with Crippen LogP contribution in [-0.2, 0) is 27.2 Å². The van der Waals surface area contributed by atoms with Crippen molar-refractivity contribution in [2.45, 2.75) is 30.3 Å². The lowest BCUT2D eigenvalue weighted by Crippen LogP contribution is -2.12. The third-order valence-electron chi connectivity index (χ3n) is 4.30. The maximum Gasteiger partial charge on any atom is 0.198 e. The fraction of sp³-hybridized carbons (Fsp3) is 0.278. The molecule has 0 atom stereocenters. The fourth-order valence-corrected chi connectivity index (χ4v) is 3.51. The van der Waals surface area contributed by atoms with Crippen LogP contribution < -0.4 is 5.32 Å². The smallest absolute Gasteiger partial charge is 0.198 e. The Morgan fingerprint density at radius 1 is 1.15 bits per heavy atom. The average molecular weight is 368 g/mol. The van der Waals surface area contributed by atoms with Crippen LogP contribution in [0, 0.1) is 6.92 Å². The highest BCUT2D eigenvalue weighted by molar-refractivity contribution is 7.99. The normalized spacial score (nSPS) is 11.5. The van der Waals surface area contributed by atoms with E-state index >= 15 is 0 Å². The molecular weight excluding hydrogens is 348 g/mol. The van der Waals surface area contributed by atoms with E-state index in [0.29, 0.717) is 6.54 Å². The molecule has 0 radical (unpaired) electrons. The number of aryl methyl sites for hydroxylation is 3. The fourth-order valence-electron chi connectivity index (χ4n) is 2.77. The summed E-state index contributed by atoms with van der Waals surface area (Å²) in [4.78, 5) is 4.59. The van der Waals surface area contributed by atoms with Crippen molar-refractivity contribution in [2.24, 2.45) is 14.1 Å². The predicted octanol–water partition coefficient (Wildman–Crippen LogP) is 3.04. The second-order valence-corrected chi connectivity index (χ2v) is 7.16. The Hall–Kier alpha value is -2.58.